The van der Waals surface area contributed by atoms with Gasteiger partial charge in [-0.3, -0.25) is 4.90 Å². The van der Waals surface area contributed by atoms with Gasteiger partial charge in [0.1, 0.15) is 9.84 Å². The van der Waals surface area contributed by atoms with E-state index < -0.39 is 9.84 Å². The van der Waals surface area contributed by atoms with Gasteiger partial charge in [0.15, 0.2) is 0 Å². The lowest BCUT2D eigenvalue weighted by Crippen LogP contribution is -2.40. The summed E-state index contributed by atoms with van der Waals surface area (Å²) in [6.07, 6.45) is 1.31. The Kier molecular flexibility index (Phi) is 5.00. The van der Waals surface area contributed by atoms with Crippen molar-refractivity contribution in [1.82, 2.24) is 4.90 Å². The number of sulfone groups is 1. The van der Waals surface area contributed by atoms with Crippen molar-refractivity contribution >= 4 is 25.8 Å². The molecule has 1 aliphatic heterocycles. The van der Waals surface area contributed by atoms with Crippen LogP contribution in [0.25, 0.3) is 0 Å². The maximum absolute atomic E-state index is 11.2. The third-order valence-electron chi connectivity index (χ3n) is 3.17. The van der Waals surface area contributed by atoms with E-state index in [0.717, 1.165) is 23.1 Å². The molecule has 1 aliphatic rings. The Morgan fingerprint density at radius 1 is 1.37 bits per heavy atom. The molecule has 6 heteroatoms. The second kappa shape index (κ2) is 6.35. The Bertz CT molecular complexity index is 515. The van der Waals surface area contributed by atoms with Crippen LogP contribution in [0.15, 0.2) is 28.7 Å². The van der Waals surface area contributed by atoms with E-state index in [1.165, 1.54) is 6.26 Å². The van der Waals surface area contributed by atoms with Crippen LogP contribution in [0.5, 0.6) is 0 Å². The van der Waals surface area contributed by atoms with Crippen LogP contribution < -0.4 is 0 Å². The molecule has 0 radical (unpaired) electrons. The molecule has 1 aromatic carbocycles. The first-order chi connectivity index (χ1) is 8.94. The first-order valence-corrected chi connectivity index (χ1v) is 9.06. The quantitative estimate of drug-likeness (QED) is 0.834. The second-order valence-corrected chi connectivity index (χ2v) is 8.02. The third kappa shape index (κ3) is 4.87. The molecule has 1 fully saturated rings. The summed E-state index contributed by atoms with van der Waals surface area (Å²) >= 11 is 3.41. The van der Waals surface area contributed by atoms with Crippen molar-refractivity contribution in [3.05, 3.63) is 34.3 Å². The smallest absolute Gasteiger partial charge is 0.148 e. The zero-order valence-corrected chi connectivity index (χ0v) is 13.3. The third-order valence-corrected chi connectivity index (χ3v) is 4.62. The van der Waals surface area contributed by atoms with Crippen molar-refractivity contribution in [2.75, 3.05) is 38.2 Å². The number of benzene rings is 1. The van der Waals surface area contributed by atoms with Gasteiger partial charge in [0.05, 0.1) is 18.5 Å². The minimum atomic E-state index is -2.90. The molecular formula is C13H18BrNO3S. The number of halogens is 1. The summed E-state index contributed by atoms with van der Waals surface area (Å²) < 4.78 is 29.2. The van der Waals surface area contributed by atoms with E-state index in [0.29, 0.717) is 13.2 Å². The molecule has 0 N–H and O–H groups in total. The SMILES string of the molecule is CS(=O)(=O)CCN1CCOC(c2ccc(Br)cc2)C1. The van der Waals surface area contributed by atoms with Crippen LogP contribution in [-0.4, -0.2) is 51.6 Å². The van der Waals surface area contributed by atoms with Gasteiger partial charge in [-0.25, -0.2) is 8.42 Å². The van der Waals surface area contributed by atoms with Crippen molar-refractivity contribution in [2.24, 2.45) is 0 Å². The minimum absolute atomic E-state index is 0.0291. The first-order valence-electron chi connectivity index (χ1n) is 6.21. The largest absolute Gasteiger partial charge is 0.371 e. The number of rotatable bonds is 4. The van der Waals surface area contributed by atoms with E-state index in [1.807, 2.05) is 24.3 Å². The molecular weight excluding hydrogens is 330 g/mol. The summed E-state index contributed by atoms with van der Waals surface area (Å²) in [5.41, 5.74) is 1.13. The average molecular weight is 348 g/mol. The fraction of sp³-hybridized carbons (Fsp3) is 0.538. The molecule has 1 unspecified atom stereocenters. The summed E-state index contributed by atoms with van der Waals surface area (Å²) in [5, 5.41) is 0. The lowest BCUT2D eigenvalue weighted by molar-refractivity contribution is -0.0279. The van der Waals surface area contributed by atoms with Gasteiger partial charge in [-0.1, -0.05) is 28.1 Å². The highest BCUT2D eigenvalue weighted by molar-refractivity contribution is 9.10. The van der Waals surface area contributed by atoms with E-state index in [4.69, 9.17) is 4.74 Å². The van der Waals surface area contributed by atoms with Crippen molar-refractivity contribution in [3.8, 4) is 0 Å². The number of morpholine rings is 1. The summed E-state index contributed by atoms with van der Waals surface area (Å²) in [6.45, 7) is 2.76. The number of hydrogen-bond acceptors (Lipinski definition) is 4. The maximum atomic E-state index is 11.2. The number of hydrogen-bond donors (Lipinski definition) is 0. The summed E-state index contributed by atoms with van der Waals surface area (Å²) in [5.74, 6) is 0.208. The van der Waals surface area contributed by atoms with Gasteiger partial charge < -0.3 is 4.74 Å². The molecule has 0 bridgehead atoms. The van der Waals surface area contributed by atoms with Crippen molar-refractivity contribution in [1.29, 1.82) is 0 Å². The fourth-order valence-corrected chi connectivity index (χ4v) is 2.93. The lowest BCUT2D eigenvalue weighted by atomic mass is 10.1. The molecule has 1 saturated heterocycles. The van der Waals surface area contributed by atoms with Crippen LogP contribution in [0.4, 0.5) is 0 Å². The van der Waals surface area contributed by atoms with Gasteiger partial charge in [0, 0.05) is 30.4 Å². The Morgan fingerprint density at radius 3 is 2.68 bits per heavy atom. The van der Waals surface area contributed by atoms with Crippen molar-refractivity contribution in [2.45, 2.75) is 6.10 Å². The van der Waals surface area contributed by atoms with E-state index >= 15 is 0 Å². The average Bonchev–Trinajstić information content (AvgIpc) is 2.37. The molecule has 19 heavy (non-hydrogen) atoms. The van der Waals surface area contributed by atoms with Crippen LogP contribution in [0.2, 0.25) is 0 Å². The molecule has 4 nitrogen and oxygen atoms in total. The topological polar surface area (TPSA) is 46.6 Å². The summed E-state index contributed by atoms with van der Waals surface area (Å²) in [6, 6.07) is 8.06. The minimum Gasteiger partial charge on any atom is -0.371 e. The van der Waals surface area contributed by atoms with Gasteiger partial charge in [-0.2, -0.15) is 0 Å². The van der Waals surface area contributed by atoms with Gasteiger partial charge in [-0.15, -0.1) is 0 Å². The van der Waals surface area contributed by atoms with Crippen LogP contribution in [0, 0.1) is 0 Å². The molecule has 1 heterocycles. The second-order valence-electron chi connectivity index (χ2n) is 4.84. The Morgan fingerprint density at radius 2 is 2.05 bits per heavy atom. The molecule has 0 saturated carbocycles. The normalized spacial score (nSPS) is 21.5. The van der Waals surface area contributed by atoms with Crippen molar-refractivity contribution < 1.29 is 13.2 Å². The van der Waals surface area contributed by atoms with Gasteiger partial charge in [0.25, 0.3) is 0 Å². The van der Waals surface area contributed by atoms with Crippen molar-refractivity contribution in [3.63, 3.8) is 0 Å². The molecule has 0 spiro atoms. The standard InChI is InChI=1S/C13H18BrNO3S/c1-19(16,17)9-7-15-6-8-18-13(10-15)11-2-4-12(14)5-3-11/h2-5,13H,6-10H2,1H3. The molecule has 1 aromatic rings. The predicted molar refractivity (Wildman–Crippen MR) is 79.0 cm³/mol. The highest BCUT2D eigenvalue weighted by Gasteiger charge is 2.22. The molecule has 2 rings (SSSR count). The Labute approximate surface area is 122 Å². The molecule has 0 amide bonds. The monoisotopic (exact) mass is 347 g/mol. The Hall–Kier alpha value is -0.430. The summed E-state index contributed by atoms with van der Waals surface area (Å²) in [4.78, 5) is 2.15. The summed E-state index contributed by atoms with van der Waals surface area (Å²) in [7, 11) is -2.90. The van der Waals surface area contributed by atoms with E-state index in [9.17, 15) is 8.42 Å². The predicted octanol–water partition coefficient (Wildman–Crippen LogP) is 1.87. The zero-order chi connectivity index (χ0) is 13.9. The molecule has 106 valence electrons. The lowest BCUT2D eigenvalue weighted by Gasteiger charge is -2.33. The highest BCUT2D eigenvalue weighted by Crippen LogP contribution is 2.23. The van der Waals surface area contributed by atoms with Crippen LogP contribution in [0.1, 0.15) is 11.7 Å². The van der Waals surface area contributed by atoms with Gasteiger partial charge in [-0.05, 0) is 17.7 Å². The molecule has 0 aromatic heterocycles. The van der Waals surface area contributed by atoms with E-state index in [-0.39, 0.29) is 11.9 Å². The van der Waals surface area contributed by atoms with E-state index in [2.05, 4.69) is 20.8 Å². The molecule has 0 aliphatic carbocycles. The van der Waals surface area contributed by atoms with E-state index in [1.54, 1.807) is 0 Å². The fourth-order valence-electron chi connectivity index (χ4n) is 2.08. The van der Waals surface area contributed by atoms with Crippen LogP contribution >= 0.6 is 15.9 Å². The molecule has 1 atom stereocenters. The maximum Gasteiger partial charge on any atom is 0.148 e. The number of nitrogens with zero attached hydrogens (tertiary/aromatic N) is 1. The highest BCUT2D eigenvalue weighted by atomic mass is 79.9. The van der Waals surface area contributed by atoms with Gasteiger partial charge in [0.2, 0.25) is 0 Å². The van der Waals surface area contributed by atoms with Crippen LogP contribution in [-0.2, 0) is 14.6 Å². The first kappa shape index (κ1) is 15.0. The number of ether oxygens (including phenoxy) is 1. The van der Waals surface area contributed by atoms with Crippen LogP contribution in [0.3, 0.4) is 0 Å². The Balaban J connectivity index is 1.95. The zero-order valence-electron chi connectivity index (χ0n) is 10.9. The van der Waals surface area contributed by atoms with Gasteiger partial charge >= 0.3 is 0 Å².